The van der Waals surface area contributed by atoms with Crippen LogP contribution in [0.3, 0.4) is 0 Å². The van der Waals surface area contributed by atoms with Gasteiger partial charge in [-0.2, -0.15) is 0 Å². The zero-order valence-corrected chi connectivity index (χ0v) is 22.7. The van der Waals surface area contributed by atoms with Crippen molar-refractivity contribution in [1.29, 1.82) is 0 Å². The SMILES string of the molecule is Brc1ccc2c(c1)C1(c3cc(Br)c(Br)cc3-c3ccccc3-2)c2ccccc2-c2ccccc21. The van der Waals surface area contributed by atoms with Crippen LogP contribution in [0.1, 0.15) is 22.3 Å². The largest absolute Gasteiger partial charge is 0.0726 e. The van der Waals surface area contributed by atoms with E-state index in [-0.39, 0.29) is 0 Å². The van der Waals surface area contributed by atoms with Gasteiger partial charge in [-0.05, 0) is 112 Å². The highest BCUT2D eigenvalue weighted by Crippen LogP contribution is 2.62. The van der Waals surface area contributed by atoms with Crippen molar-refractivity contribution in [3.63, 3.8) is 0 Å². The van der Waals surface area contributed by atoms with Gasteiger partial charge in [0.2, 0.25) is 0 Å². The maximum Gasteiger partial charge on any atom is 0.0726 e. The van der Waals surface area contributed by atoms with Gasteiger partial charge in [0, 0.05) is 13.4 Å². The van der Waals surface area contributed by atoms with Crippen molar-refractivity contribution in [2.75, 3.05) is 0 Å². The number of halogens is 3. The molecule has 0 saturated carbocycles. The molecule has 2 aliphatic rings. The molecule has 0 bridgehead atoms. The quantitative estimate of drug-likeness (QED) is 0.157. The first kappa shape index (κ1) is 20.9. The average molecular weight is 629 g/mol. The Kier molecular flexibility index (Phi) is 4.62. The van der Waals surface area contributed by atoms with Crippen molar-refractivity contribution >= 4 is 47.8 Å². The van der Waals surface area contributed by atoms with E-state index in [1.165, 1.54) is 55.6 Å². The minimum absolute atomic E-state index is 0.441. The summed E-state index contributed by atoms with van der Waals surface area (Å²) < 4.78 is 3.20. The van der Waals surface area contributed by atoms with Crippen molar-refractivity contribution in [1.82, 2.24) is 0 Å². The first-order valence-corrected chi connectivity index (χ1v) is 13.6. The highest BCUT2D eigenvalue weighted by atomic mass is 79.9. The summed E-state index contributed by atoms with van der Waals surface area (Å²) >= 11 is 11.5. The standard InChI is InChI=1S/C31H17Br3/c32-18-13-14-23-19-7-1-2-8-20(19)24-16-29(33)30(34)17-28(24)31(27(23)15-18)25-11-5-3-9-21(25)22-10-4-6-12-26(22)31/h1-17H. The molecule has 0 nitrogen and oxygen atoms in total. The van der Waals surface area contributed by atoms with E-state index in [1.54, 1.807) is 0 Å². The van der Waals surface area contributed by atoms with Crippen LogP contribution in [-0.4, -0.2) is 0 Å². The third-order valence-corrected chi connectivity index (χ3v) is 9.65. The van der Waals surface area contributed by atoms with Gasteiger partial charge >= 0.3 is 0 Å². The van der Waals surface area contributed by atoms with E-state index in [4.69, 9.17) is 0 Å². The van der Waals surface area contributed by atoms with Crippen LogP contribution in [0.4, 0.5) is 0 Å². The molecule has 0 aromatic heterocycles. The third-order valence-electron chi connectivity index (χ3n) is 7.31. The van der Waals surface area contributed by atoms with Gasteiger partial charge in [0.1, 0.15) is 0 Å². The molecule has 0 atom stereocenters. The number of fused-ring (bicyclic) bond motifs is 12. The maximum absolute atomic E-state index is 3.85. The van der Waals surface area contributed by atoms with Gasteiger partial charge in [-0.1, -0.05) is 94.8 Å². The van der Waals surface area contributed by atoms with E-state index in [0.29, 0.717) is 0 Å². The number of hydrogen-bond acceptors (Lipinski definition) is 0. The molecule has 162 valence electrons. The molecule has 5 aromatic carbocycles. The molecule has 0 heterocycles. The van der Waals surface area contributed by atoms with Crippen LogP contribution in [0.25, 0.3) is 33.4 Å². The second kappa shape index (κ2) is 7.52. The lowest BCUT2D eigenvalue weighted by Crippen LogP contribution is -2.29. The lowest BCUT2D eigenvalue weighted by atomic mass is 9.66. The maximum atomic E-state index is 3.85. The Bertz CT molecular complexity index is 1600. The second-order valence-corrected chi connectivity index (χ2v) is 11.5. The summed E-state index contributed by atoms with van der Waals surface area (Å²) in [6, 6.07) is 38.0. The van der Waals surface area contributed by atoms with E-state index >= 15 is 0 Å². The predicted octanol–water partition coefficient (Wildman–Crippen LogP) is 9.98. The van der Waals surface area contributed by atoms with Gasteiger partial charge in [-0.25, -0.2) is 0 Å². The van der Waals surface area contributed by atoms with E-state index in [1.807, 2.05) is 0 Å². The smallest absolute Gasteiger partial charge is 0.0619 e. The Balaban J connectivity index is 1.80. The molecule has 5 aromatic rings. The number of hydrogen-bond donors (Lipinski definition) is 0. The van der Waals surface area contributed by atoms with Crippen molar-refractivity contribution < 1.29 is 0 Å². The summed E-state index contributed by atoms with van der Waals surface area (Å²) in [5.41, 5.74) is 12.5. The van der Waals surface area contributed by atoms with Crippen LogP contribution in [0.5, 0.6) is 0 Å². The van der Waals surface area contributed by atoms with Crippen molar-refractivity contribution in [3.8, 4) is 33.4 Å². The van der Waals surface area contributed by atoms with E-state index in [9.17, 15) is 0 Å². The van der Waals surface area contributed by atoms with Gasteiger partial charge in [0.15, 0.2) is 0 Å². The van der Waals surface area contributed by atoms with Gasteiger partial charge < -0.3 is 0 Å². The summed E-state index contributed by atoms with van der Waals surface area (Å²) in [4.78, 5) is 0. The number of benzene rings is 5. The molecule has 34 heavy (non-hydrogen) atoms. The highest BCUT2D eigenvalue weighted by molar-refractivity contribution is 9.13. The van der Waals surface area contributed by atoms with E-state index < -0.39 is 5.41 Å². The highest BCUT2D eigenvalue weighted by Gasteiger charge is 2.49. The first-order chi connectivity index (χ1) is 16.6. The monoisotopic (exact) mass is 626 g/mol. The predicted molar refractivity (Wildman–Crippen MR) is 151 cm³/mol. The third kappa shape index (κ3) is 2.64. The lowest BCUT2D eigenvalue weighted by Gasteiger charge is -2.35. The van der Waals surface area contributed by atoms with E-state index in [2.05, 4.69) is 151 Å². The summed E-state index contributed by atoms with van der Waals surface area (Å²) in [5, 5.41) is 0. The summed E-state index contributed by atoms with van der Waals surface area (Å²) in [7, 11) is 0. The minimum Gasteiger partial charge on any atom is -0.0619 e. The van der Waals surface area contributed by atoms with Crippen LogP contribution in [0.15, 0.2) is 117 Å². The van der Waals surface area contributed by atoms with Crippen LogP contribution >= 0.6 is 47.8 Å². The van der Waals surface area contributed by atoms with Crippen molar-refractivity contribution in [2.24, 2.45) is 0 Å². The summed E-state index contributed by atoms with van der Waals surface area (Å²) in [6.07, 6.45) is 0. The molecule has 0 amide bonds. The molecular formula is C31H17Br3. The van der Waals surface area contributed by atoms with Crippen LogP contribution in [-0.2, 0) is 5.41 Å². The molecule has 0 radical (unpaired) electrons. The zero-order chi connectivity index (χ0) is 23.0. The fourth-order valence-electron chi connectivity index (χ4n) is 6.05. The lowest BCUT2D eigenvalue weighted by molar-refractivity contribution is 0.773. The van der Waals surface area contributed by atoms with Gasteiger partial charge in [0.25, 0.3) is 0 Å². The number of rotatable bonds is 0. The van der Waals surface area contributed by atoms with E-state index in [0.717, 1.165) is 13.4 Å². The minimum atomic E-state index is -0.441. The Morgan fingerprint density at radius 1 is 0.382 bits per heavy atom. The van der Waals surface area contributed by atoms with Crippen LogP contribution in [0.2, 0.25) is 0 Å². The Morgan fingerprint density at radius 2 is 0.853 bits per heavy atom. The summed E-state index contributed by atoms with van der Waals surface area (Å²) in [6.45, 7) is 0. The normalized spacial score (nSPS) is 14.0. The second-order valence-electron chi connectivity index (χ2n) is 8.89. The van der Waals surface area contributed by atoms with Gasteiger partial charge in [-0.15, -0.1) is 0 Å². The molecule has 0 aliphatic heterocycles. The molecule has 1 spiro atoms. The molecule has 3 heteroatoms. The topological polar surface area (TPSA) is 0 Å². The summed E-state index contributed by atoms with van der Waals surface area (Å²) in [5.74, 6) is 0. The Hall–Kier alpha value is -2.46. The molecule has 0 fully saturated rings. The zero-order valence-electron chi connectivity index (χ0n) is 17.9. The fraction of sp³-hybridized carbons (Fsp3) is 0.0323. The Labute approximate surface area is 224 Å². The van der Waals surface area contributed by atoms with Gasteiger partial charge in [-0.3, -0.25) is 0 Å². The molecule has 0 N–H and O–H groups in total. The van der Waals surface area contributed by atoms with Gasteiger partial charge in [0.05, 0.1) is 5.41 Å². The van der Waals surface area contributed by atoms with Crippen LogP contribution in [0, 0.1) is 0 Å². The average Bonchev–Trinajstić information content (AvgIpc) is 3.12. The molecule has 0 saturated heterocycles. The van der Waals surface area contributed by atoms with Crippen molar-refractivity contribution in [3.05, 3.63) is 139 Å². The molecule has 0 unspecified atom stereocenters. The fourth-order valence-corrected chi connectivity index (χ4v) is 7.10. The molecule has 7 rings (SSSR count). The first-order valence-electron chi connectivity index (χ1n) is 11.2. The van der Waals surface area contributed by atoms with Crippen LogP contribution < -0.4 is 0 Å². The molecule has 2 aliphatic carbocycles. The Morgan fingerprint density at radius 3 is 1.50 bits per heavy atom. The van der Waals surface area contributed by atoms with Crippen molar-refractivity contribution in [2.45, 2.75) is 5.41 Å². The molecular weight excluding hydrogens is 612 g/mol.